The van der Waals surface area contributed by atoms with Gasteiger partial charge in [0.25, 0.3) is 5.91 Å². The van der Waals surface area contributed by atoms with Crippen molar-refractivity contribution in [2.24, 2.45) is 0 Å². The minimum Gasteiger partial charge on any atom is -0.393 e. The lowest BCUT2D eigenvalue weighted by Crippen LogP contribution is -2.46. The van der Waals surface area contributed by atoms with Crippen molar-refractivity contribution < 1.29 is 14.3 Å². The molecule has 2 aliphatic rings. The zero-order chi connectivity index (χ0) is 15.7. The number of rotatable bonds is 2. The molecule has 2 heterocycles. The van der Waals surface area contributed by atoms with Gasteiger partial charge >= 0.3 is 0 Å². The lowest BCUT2D eigenvalue weighted by Gasteiger charge is -2.36. The summed E-state index contributed by atoms with van der Waals surface area (Å²) in [6.07, 6.45) is 3.01. The number of hydrogen-bond acceptors (Lipinski definition) is 3. The molecule has 2 aliphatic heterocycles. The Bertz CT molecular complexity index is 558. The first-order valence-corrected chi connectivity index (χ1v) is 8.10. The van der Waals surface area contributed by atoms with Crippen molar-refractivity contribution in [3.8, 4) is 0 Å². The number of likely N-dealkylation sites (tertiary alicyclic amines) is 1. The number of aliphatic hydroxyl groups excluding tert-OH is 1. The van der Waals surface area contributed by atoms with Crippen LogP contribution in [0.4, 0.5) is 10.1 Å². The van der Waals surface area contributed by atoms with Gasteiger partial charge in [-0.25, -0.2) is 4.39 Å². The zero-order valence-electron chi connectivity index (χ0n) is 13.0. The van der Waals surface area contributed by atoms with E-state index >= 15 is 0 Å². The van der Waals surface area contributed by atoms with Gasteiger partial charge in [0.15, 0.2) is 0 Å². The third kappa shape index (κ3) is 2.95. The Labute approximate surface area is 130 Å². The van der Waals surface area contributed by atoms with E-state index in [4.69, 9.17) is 0 Å². The maximum atomic E-state index is 14.3. The normalized spacial score (nSPS) is 25.6. The van der Waals surface area contributed by atoms with Crippen molar-refractivity contribution in [2.45, 2.75) is 44.8 Å². The monoisotopic (exact) mass is 306 g/mol. The zero-order valence-corrected chi connectivity index (χ0v) is 13.0. The molecule has 2 fully saturated rings. The molecule has 2 atom stereocenters. The third-order valence-electron chi connectivity index (χ3n) is 4.75. The first-order valence-electron chi connectivity index (χ1n) is 8.10. The summed E-state index contributed by atoms with van der Waals surface area (Å²) in [5.41, 5.74) is 0.986. The summed E-state index contributed by atoms with van der Waals surface area (Å²) in [7, 11) is 0. The van der Waals surface area contributed by atoms with Crippen molar-refractivity contribution in [1.82, 2.24) is 4.90 Å². The molecule has 2 saturated heterocycles. The molecule has 1 aromatic rings. The first kappa shape index (κ1) is 15.3. The van der Waals surface area contributed by atoms with Crippen LogP contribution in [-0.2, 0) is 0 Å². The van der Waals surface area contributed by atoms with Crippen LogP contribution in [0, 0.1) is 5.82 Å². The fourth-order valence-electron chi connectivity index (χ4n) is 3.47. The van der Waals surface area contributed by atoms with Gasteiger partial charge in [-0.1, -0.05) is 0 Å². The molecule has 0 radical (unpaired) electrons. The molecule has 3 rings (SSSR count). The highest BCUT2D eigenvalue weighted by Gasteiger charge is 2.29. The van der Waals surface area contributed by atoms with Gasteiger partial charge in [-0.3, -0.25) is 4.79 Å². The van der Waals surface area contributed by atoms with Gasteiger partial charge in [-0.2, -0.15) is 0 Å². The smallest absolute Gasteiger partial charge is 0.254 e. The second-order valence-corrected chi connectivity index (χ2v) is 6.39. The molecule has 0 unspecified atom stereocenters. The van der Waals surface area contributed by atoms with Crippen LogP contribution in [-0.4, -0.2) is 47.7 Å². The maximum absolute atomic E-state index is 14.3. The van der Waals surface area contributed by atoms with Crippen LogP contribution in [0.3, 0.4) is 0 Å². The summed E-state index contributed by atoms with van der Waals surface area (Å²) < 4.78 is 14.3. The van der Waals surface area contributed by atoms with Crippen LogP contribution in [0.2, 0.25) is 0 Å². The number of halogens is 1. The third-order valence-corrected chi connectivity index (χ3v) is 4.75. The molecule has 1 aromatic carbocycles. The molecule has 0 spiro atoms. The topological polar surface area (TPSA) is 43.8 Å². The Kier molecular flexibility index (Phi) is 4.34. The number of carbonyl (C=O) groups is 1. The Morgan fingerprint density at radius 1 is 1.27 bits per heavy atom. The minimum absolute atomic E-state index is 0.0161. The highest BCUT2D eigenvalue weighted by Crippen LogP contribution is 2.26. The van der Waals surface area contributed by atoms with Crippen molar-refractivity contribution in [2.75, 3.05) is 24.5 Å². The number of nitrogens with zero attached hydrogens (tertiary/aromatic N) is 2. The molecule has 1 amide bonds. The number of amides is 1. The predicted octanol–water partition coefficient (Wildman–Crippen LogP) is 2.41. The van der Waals surface area contributed by atoms with Crippen LogP contribution in [0.5, 0.6) is 0 Å². The summed E-state index contributed by atoms with van der Waals surface area (Å²) >= 11 is 0. The number of aliphatic hydroxyl groups is 1. The van der Waals surface area contributed by atoms with E-state index in [1.165, 1.54) is 6.07 Å². The molecule has 5 heteroatoms. The molecule has 0 aliphatic carbocycles. The number of hydrogen-bond donors (Lipinski definition) is 1. The van der Waals surface area contributed by atoms with Gasteiger partial charge in [-0.05, 0) is 50.8 Å². The van der Waals surface area contributed by atoms with Crippen molar-refractivity contribution in [3.05, 3.63) is 29.6 Å². The second kappa shape index (κ2) is 6.24. The highest BCUT2D eigenvalue weighted by molar-refractivity contribution is 5.95. The van der Waals surface area contributed by atoms with E-state index in [1.54, 1.807) is 17.0 Å². The molecule has 4 nitrogen and oxygen atoms in total. The average Bonchev–Trinajstić information content (AvgIpc) is 3.00. The molecule has 0 bridgehead atoms. The molecule has 22 heavy (non-hydrogen) atoms. The summed E-state index contributed by atoms with van der Waals surface area (Å²) in [6.45, 7) is 4.21. The van der Waals surface area contributed by atoms with Gasteiger partial charge in [-0.15, -0.1) is 0 Å². The van der Waals surface area contributed by atoms with Crippen LogP contribution >= 0.6 is 0 Å². The largest absolute Gasteiger partial charge is 0.393 e. The van der Waals surface area contributed by atoms with Gasteiger partial charge in [0.1, 0.15) is 5.82 Å². The Balaban J connectivity index is 1.77. The van der Waals surface area contributed by atoms with E-state index in [2.05, 4.69) is 0 Å². The van der Waals surface area contributed by atoms with E-state index in [0.717, 1.165) is 25.9 Å². The lowest BCUT2D eigenvalue weighted by atomic mass is 9.99. The molecule has 120 valence electrons. The second-order valence-electron chi connectivity index (χ2n) is 6.39. The molecule has 0 aromatic heterocycles. The van der Waals surface area contributed by atoms with Crippen LogP contribution in [0.15, 0.2) is 18.2 Å². The number of carbonyl (C=O) groups excluding carboxylic acids is 1. The van der Waals surface area contributed by atoms with E-state index in [9.17, 15) is 14.3 Å². The Hall–Kier alpha value is -1.62. The number of piperidine rings is 1. The highest BCUT2D eigenvalue weighted by atomic mass is 19.1. The van der Waals surface area contributed by atoms with Gasteiger partial charge in [0.05, 0.1) is 11.8 Å². The van der Waals surface area contributed by atoms with E-state index in [1.807, 2.05) is 11.8 Å². The quantitative estimate of drug-likeness (QED) is 0.912. The summed E-state index contributed by atoms with van der Waals surface area (Å²) in [5.74, 6) is -0.469. The van der Waals surface area contributed by atoms with Gasteiger partial charge < -0.3 is 14.9 Å². The van der Waals surface area contributed by atoms with Crippen LogP contribution in [0.1, 0.15) is 43.0 Å². The lowest BCUT2D eigenvalue weighted by molar-refractivity contribution is 0.0364. The van der Waals surface area contributed by atoms with Crippen molar-refractivity contribution in [3.63, 3.8) is 0 Å². The van der Waals surface area contributed by atoms with Crippen molar-refractivity contribution >= 4 is 11.6 Å². The first-order chi connectivity index (χ1) is 10.6. The fraction of sp³-hybridized carbons (Fsp3) is 0.588. The SMILES string of the molecule is C[C@H]1C[C@@H](O)CCN1C(=O)c1ccc(N2CCCC2)c(F)c1. The standard InChI is InChI=1S/C17H23FN2O2/c1-12-10-14(21)6-9-20(12)17(22)13-4-5-16(15(18)11-13)19-7-2-3-8-19/h4-5,11-12,14,21H,2-3,6-10H2,1H3/t12-,14-/m0/s1. The Morgan fingerprint density at radius 3 is 2.64 bits per heavy atom. The van der Waals surface area contributed by atoms with E-state index in [0.29, 0.717) is 30.6 Å². The molecular weight excluding hydrogens is 283 g/mol. The average molecular weight is 306 g/mol. The van der Waals surface area contributed by atoms with E-state index < -0.39 is 0 Å². The Morgan fingerprint density at radius 2 is 2.00 bits per heavy atom. The van der Waals surface area contributed by atoms with Crippen molar-refractivity contribution in [1.29, 1.82) is 0 Å². The van der Waals surface area contributed by atoms with Crippen LogP contribution < -0.4 is 4.90 Å². The summed E-state index contributed by atoms with van der Waals surface area (Å²) in [4.78, 5) is 16.3. The predicted molar refractivity (Wildman–Crippen MR) is 83.6 cm³/mol. The number of benzene rings is 1. The molecule has 0 saturated carbocycles. The van der Waals surface area contributed by atoms with Crippen LogP contribution in [0.25, 0.3) is 0 Å². The van der Waals surface area contributed by atoms with Gasteiger partial charge in [0, 0.05) is 31.2 Å². The summed E-state index contributed by atoms with van der Waals surface area (Å²) in [5, 5.41) is 9.65. The maximum Gasteiger partial charge on any atom is 0.254 e. The van der Waals surface area contributed by atoms with Gasteiger partial charge in [0.2, 0.25) is 0 Å². The van der Waals surface area contributed by atoms with E-state index in [-0.39, 0.29) is 23.9 Å². The molecular formula is C17H23FN2O2. The number of anilines is 1. The molecule has 1 N–H and O–H groups in total. The minimum atomic E-state index is -0.340. The summed E-state index contributed by atoms with van der Waals surface area (Å²) in [6, 6.07) is 4.78. The fourth-order valence-corrected chi connectivity index (χ4v) is 3.47.